The minimum absolute atomic E-state index is 0.321. The molecule has 1 amide bonds. The van der Waals surface area contributed by atoms with Crippen molar-refractivity contribution in [2.75, 3.05) is 19.7 Å². The van der Waals surface area contributed by atoms with Crippen molar-refractivity contribution in [3.63, 3.8) is 0 Å². The van der Waals surface area contributed by atoms with Crippen LogP contribution in [0.3, 0.4) is 0 Å². The molecule has 2 aliphatic rings. The number of benzene rings is 1. The maximum absolute atomic E-state index is 12.3. The Morgan fingerprint density at radius 2 is 1.77 bits per heavy atom. The molecule has 0 spiro atoms. The number of ether oxygens (including phenoxy) is 1. The Morgan fingerprint density at radius 3 is 2.41 bits per heavy atom. The molecular weight excluding hydrogens is 274 g/mol. The Bertz CT molecular complexity index is 483. The lowest BCUT2D eigenvalue weighted by atomic mass is 9.82. The second kappa shape index (κ2) is 7.17. The molecule has 1 aliphatic carbocycles. The van der Waals surface area contributed by atoms with E-state index in [-0.39, 0.29) is 0 Å². The van der Waals surface area contributed by atoms with Crippen LogP contribution in [0.4, 0.5) is 0 Å². The Balaban J connectivity index is 1.37. The van der Waals surface area contributed by atoms with Gasteiger partial charge in [-0.05, 0) is 50.2 Å². The van der Waals surface area contributed by atoms with Gasteiger partial charge in [-0.15, -0.1) is 0 Å². The first-order chi connectivity index (χ1) is 10.7. The molecule has 0 radical (unpaired) electrons. The van der Waals surface area contributed by atoms with Gasteiger partial charge < -0.3 is 9.64 Å². The van der Waals surface area contributed by atoms with E-state index in [0.717, 1.165) is 37.1 Å². The molecule has 0 bridgehead atoms. The van der Waals surface area contributed by atoms with Crippen LogP contribution >= 0.6 is 0 Å². The van der Waals surface area contributed by atoms with Gasteiger partial charge in [0.25, 0.3) is 0 Å². The normalized spacial score (nSPS) is 24.1. The second-order valence-corrected chi connectivity index (χ2v) is 6.87. The molecule has 2 fully saturated rings. The van der Waals surface area contributed by atoms with Crippen LogP contribution in [-0.4, -0.2) is 30.5 Å². The van der Waals surface area contributed by atoms with Crippen LogP contribution in [0.25, 0.3) is 0 Å². The highest BCUT2D eigenvalue weighted by molar-refractivity contribution is 5.76. The van der Waals surface area contributed by atoms with Crippen LogP contribution in [0.1, 0.15) is 44.1 Å². The Hall–Kier alpha value is -1.51. The molecule has 1 heterocycles. The summed E-state index contributed by atoms with van der Waals surface area (Å²) in [6, 6.07) is 8.07. The minimum Gasteiger partial charge on any atom is -0.494 e. The summed E-state index contributed by atoms with van der Waals surface area (Å²) in [5.41, 5.74) is 1.23. The lowest BCUT2D eigenvalue weighted by Gasteiger charge is -2.22. The Morgan fingerprint density at radius 1 is 1.14 bits per heavy atom. The van der Waals surface area contributed by atoms with Crippen molar-refractivity contribution in [1.82, 2.24) is 4.90 Å². The molecule has 2 atom stereocenters. The minimum atomic E-state index is 0.321. The first-order valence-corrected chi connectivity index (χ1v) is 8.69. The van der Waals surface area contributed by atoms with Crippen LogP contribution in [0.5, 0.6) is 5.75 Å². The molecule has 1 aromatic carbocycles. The summed E-state index contributed by atoms with van der Waals surface area (Å²) in [5.74, 6) is 2.77. The zero-order valence-corrected chi connectivity index (χ0v) is 13.6. The number of carbonyl (C=O) groups excluding carboxylic acids is 1. The summed E-state index contributed by atoms with van der Waals surface area (Å²) < 4.78 is 5.70. The van der Waals surface area contributed by atoms with E-state index in [0.29, 0.717) is 18.9 Å². The van der Waals surface area contributed by atoms with E-state index in [4.69, 9.17) is 4.74 Å². The summed E-state index contributed by atoms with van der Waals surface area (Å²) in [6.45, 7) is 4.69. The van der Waals surface area contributed by atoms with Gasteiger partial charge in [-0.25, -0.2) is 0 Å². The first-order valence-electron chi connectivity index (χ1n) is 8.69. The van der Waals surface area contributed by atoms with Crippen molar-refractivity contribution in [2.45, 2.75) is 45.4 Å². The van der Waals surface area contributed by atoms with Crippen LogP contribution in [0.2, 0.25) is 0 Å². The average molecular weight is 301 g/mol. The molecule has 22 heavy (non-hydrogen) atoms. The molecule has 1 aromatic rings. The number of nitrogens with zero attached hydrogens (tertiary/aromatic N) is 1. The largest absolute Gasteiger partial charge is 0.494 e. The molecule has 3 heteroatoms. The second-order valence-electron chi connectivity index (χ2n) is 6.87. The summed E-state index contributed by atoms with van der Waals surface area (Å²) in [4.78, 5) is 14.4. The third-order valence-corrected chi connectivity index (χ3v) is 5.15. The molecule has 1 saturated heterocycles. The molecule has 0 aromatic heterocycles. The zero-order chi connectivity index (χ0) is 15.4. The smallest absolute Gasteiger partial charge is 0.222 e. The van der Waals surface area contributed by atoms with Gasteiger partial charge in [0.2, 0.25) is 5.91 Å². The highest BCUT2D eigenvalue weighted by Crippen LogP contribution is 2.36. The fourth-order valence-electron chi connectivity index (χ4n) is 3.82. The number of likely N-dealkylation sites (tertiary alicyclic amines) is 1. The van der Waals surface area contributed by atoms with Gasteiger partial charge in [0.15, 0.2) is 0 Å². The first kappa shape index (κ1) is 15.4. The van der Waals surface area contributed by atoms with E-state index in [1.807, 2.05) is 24.3 Å². The number of hydrogen-bond donors (Lipinski definition) is 0. The van der Waals surface area contributed by atoms with Crippen molar-refractivity contribution < 1.29 is 9.53 Å². The quantitative estimate of drug-likeness (QED) is 0.774. The summed E-state index contributed by atoms with van der Waals surface area (Å²) >= 11 is 0. The third-order valence-electron chi connectivity index (χ3n) is 5.15. The summed E-state index contributed by atoms with van der Waals surface area (Å²) in [6.07, 6.45) is 6.78. The molecule has 1 aliphatic heterocycles. The summed E-state index contributed by atoms with van der Waals surface area (Å²) in [7, 11) is 0. The molecule has 0 N–H and O–H groups in total. The fourth-order valence-corrected chi connectivity index (χ4v) is 3.82. The lowest BCUT2D eigenvalue weighted by molar-refractivity contribution is -0.130. The molecule has 120 valence electrons. The van der Waals surface area contributed by atoms with Gasteiger partial charge in [-0.2, -0.15) is 0 Å². The monoisotopic (exact) mass is 301 g/mol. The van der Waals surface area contributed by atoms with Gasteiger partial charge in [-0.1, -0.05) is 30.5 Å². The van der Waals surface area contributed by atoms with Crippen molar-refractivity contribution in [3.05, 3.63) is 29.8 Å². The Labute approximate surface area is 133 Å². The lowest BCUT2D eigenvalue weighted by Crippen LogP contribution is -2.29. The van der Waals surface area contributed by atoms with Crippen molar-refractivity contribution >= 4 is 5.91 Å². The van der Waals surface area contributed by atoms with E-state index >= 15 is 0 Å². The number of fused-ring (bicyclic) bond motifs is 1. The van der Waals surface area contributed by atoms with Crippen LogP contribution in [0.15, 0.2) is 24.3 Å². The number of carbonyl (C=O) groups is 1. The van der Waals surface area contributed by atoms with E-state index in [1.54, 1.807) is 0 Å². The highest BCUT2D eigenvalue weighted by Gasteiger charge is 2.35. The maximum Gasteiger partial charge on any atom is 0.222 e. The number of amides is 1. The predicted octanol–water partition coefficient (Wildman–Crippen LogP) is 3.80. The van der Waals surface area contributed by atoms with E-state index in [1.165, 1.54) is 31.2 Å². The molecular formula is C19H27NO2. The van der Waals surface area contributed by atoms with E-state index < -0.39 is 0 Å². The predicted molar refractivity (Wildman–Crippen MR) is 87.9 cm³/mol. The van der Waals surface area contributed by atoms with Gasteiger partial charge in [0.05, 0.1) is 6.61 Å². The zero-order valence-electron chi connectivity index (χ0n) is 13.6. The number of hydrogen-bond acceptors (Lipinski definition) is 2. The van der Waals surface area contributed by atoms with Crippen molar-refractivity contribution in [1.29, 1.82) is 0 Å². The van der Waals surface area contributed by atoms with Gasteiger partial charge >= 0.3 is 0 Å². The SMILES string of the molecule is Cc1ccc(OCCCC(=O)N2CC3CCCCC3C2)cc1. The van der Waals surface area contributed by atoms with Gasteiger partial charge in [-0.3, -0.25) is 4.79 Å². The van der Waals surface area contributed by atoms with E-state index in [9.17, 15) is 4.79 Å². The average Bonchev–Trinajstić information content (AvgIpc) is 2.97. The Kier molecular flexibility index (Phi) is 5.01. The standard InChI is InChI=1S/C19H27NO2/c1-15-8-10-18(11-9-15)22-12-4-7-19(21)20-13-16-5-2-3-6-17(16)14-20/h8-11,16-17H,2-7,12-14H2,1H3. The molecule has 3 nitrogen and oxygen atoms in total. The van der Waals surface area contributed by atoms with E-state index in [2.05, 4.69) is 11.8 Å². The van der Waals surface area contributed by atoms with Crippen LogP contribution < -0.4 is 4.74 Å². The fraction of sp³-hybridized carbons (Fsp3) is 0.632. The summed E-state index contributed by atoms with van der Waals surface area (Å²) in [5, 5.41) is 0. The van der Waals surface area contributed by atoms with Crippen molar-refractivity contribution in [2.24, 2.45) is 11.8 Å². The number of aryl methyl sites for hydroxylation is 1. The van der Waals surface area contributed by atoms with Gasteiger partial charge in [0, 0.05) is 19.5 Å². The van der Waals surface area contributed by atoms with Crippen LogP contribution in [-0.2, 0) is 4.79 Å². The molecule has 2 unspecified atom stereocenters. The number of rotatable bonds is 5. The van der Waals surface area contributed by atoms with Crippen molar-refractivity contribution in [3.8, 4) is 5.75 Å². The third kappa shape index (κ3) is 3.82. The highest BCUT2D eigenvalue weighted by atomic mass is 16.5. The van der Waals surface area contributed by atoms with Gasteiger partial charge in [0.1, 0.15) is 5.75 Å². The topological polar surface area (TPSA) is 29.5 Å². The van der Waals surface area contributed by atoms with Crippen LogP contribution in [0, 0.1) is 18.8 Å². The molecule has 3 rings (SSSR count). The molecule has 1 saturated carbocycles. The maximum atomic E-state index is 12.3.